The lowest BCUT2D eigenvalue weighted by Crippen LogP contribution is -2.21. The van der Waals surface area contributed by atoms with Gasteiger partial charge in [0.1, 0.15) is 17.3 Å². The predicted octanol–water partition coefficient (Wildman–Crippen LogP) is 4.10. The van der Waals surface area contributed by atoms with Crippen molar-refractivity contribution in [1.29, 1.82) is 0 Å². The van der Waals surface area contributed by atoms with Gasteiger partial charge in [-0.3, -0.25) is 14.2 Å². The number of benzene rings is 1. The molecule has 13 heteroatoms. The monoisotopic (exact) mass is 523 g/mol. The van der Waals surface area contributed by atoms with Gasteiger partial charge in [0.25, 0.3) is 10.0 Å². The molecule has 3 rings (SSSR count). The van der Waals surface area contributed by atoms with E-state index in [4.69, 9.17) is 10.8 Å². The summed E-state index contributed by atoms with van der Waals surface area (Å²) in [5, 5.41) is 13.5. The number of hydrogen-bond donors (Lipinski definition) is 3. The van der Waals surface area contributed by atoms with Crippen LogP contribution < -0.4 is 10.5 Å². The fourth-order valence-corrected chi connectivity index (χ4v) is 4.13. The fraction of sp³-hybridized carbons (Fsp3) is 0.348. The Hall–Kier alpha value is -3.79. The summed E-state index contributed by atoms with van der Waals surface area (Å²) in [6.07, 6.45) is 5.38. The minimum absolute atomic E-state index is 0.125. The summed E-state index contributed by atoms with van der Waals surface area (Å²) in [6.45, 7) is 0. The maximum Gasteiger partial charge on any atom is 0.355 e. The second-order valence-electron chi connectivity index (χ2n) is 7.97. The summed E-state index contributed by atoms with van der Waals surface area (Å²) in [6, 6.07) is 3.32. The van der Waals surface area contributed by atoms with Crippen LogP contribution >= 0.6 is 0 Å². The molecule has 0 radical (unpaired) electrons. The van der Waals surface area contributed by atoms with Gasteiger partial charge in [-0.05, 0) is 25.0 Å². The number of nitrogens with one attached hydrogen (secondary N) is 1. The van der Waals surface area contributed by atoms with Gasteiger partial charge in [0.2, 0.25) is 0 Å². The number of halogens is 3. The number of unbranched alkanes of at least 4 members (excludes halogenated alkanes) is 4. The zero-order valence-electron chi connectivity index (χ0n) is 19.3. The average Bonchev–Trinajstić information content (AvgIpc) is 3.16. The highest BCUT2D eigenvalue weighted by molar-refractivity contribution is 7.93. The first-order chi connectivity index (χ1) is 17.0. The zero-order chi connectivity index (χ0) is 26.5. The van der Waals surface area contributed by atoms with Crippen molar-refractivity contribution in [2.75, 3.05) is 10.5 Å². The Bertz CT molecular complexity index is 1450. The number of aryl methyl sites for hydroxylation is 1. The number of aliphatic carboxylic acids is 1. The molecule has 0 amide bonds. The third-order valence-corrected chi connectivity index (χ3v) is 6.26. The van der Waals surface area contributed by atoms with Crippen molar-refractivity contribution >= 4 is 38.4 Å². The summed E-state index contributed by atoms with van der Waals surface area (Å²) < 4.78 is 65.5. The van der Waals surface area contributed by atoms with Crippen molar-refractivity contribution in [3.8, 4) is 23.1 Å². The first-order valence-electron chi connectivity index (χ1n) is 10.9. The van der Waals surface area contributed by atoms with Crippen LogP contribution in [0.15, 0.2) is 24.4 Å². The normalized spacial score (nSPS) is 11.5. The summed E-state index contributed by atoms with van der Waals surface area (Å²) in [5.74, 6) is 0.645. The lowest BCUT2D eigenvalue weighted by Gasteiger charge is -2.09. The Labute approximate surface area is 205 Å². The number of nitrogens with zero attached hydrogens (tertiary/aromatic N) is 3. The number of carboxylic acid groups (broad SMARTS) is 1. The van der Waals surface area contributed by atoms with E-state index in [1.54, 1.807) is 7.05 Å². The highest BCUT2D eigenvalue weighted by atomic mass is 32.2. The van der Waals surface area contributed by atoms with E-state index in [1.165, 1.54) is 21.7 Å². The molecule has 0 unspecified atom stereocenters. The Morgan fingerprint density at radius 2 is 1.97 bits per heavy atom. The average molecular weight is 524 g/mol. The molecule has 0 bridgehead atoms. The Morgan fingerprint density at radius 3 is 2.64 bits per heavy atom. The van der Waals surface area contributed by atoms with Gasteiger partial charge in [-0.2, -0.15) is 13.9 Å². The van der Waals surface area contributed by atoms with Crippen LogP contribution in [-0.4, -0.2) is 40.0 Å². The SMILES string of the molecule is Cn1nc(-c2ccc(NS(=O)(=O)C(F)F)c(F)c2)c2c(N)ncc(C#CCCCCCCC(=O)O)c21. The van der Waals surface area contributed by atoms with E-state index in [1.807, 2.05) is 0 Å². The quantitative estimate of drug-likeness (QED) is 0.268. The number of rotatable bonds is 10. The van der Waals surface area contributed by atoms with Gasteiger partial charge in [-0.25, -0.2) is 17.8 Å². The Kier molecular flexibility index (Phi) is 8.41. The first kappa shape index (κ1) is 26.8. The molecule has 4 N–H and O–H groups in total. The van der Waals surface area contributed by atoms with E-state index in [0.29, 0.717) is 29.3 Å². The van der Waals surface area contributed by atoms with Crippen LogP contribution in [0.1, 0.15) is 44.1 Å². The molecule has 0 saturated carbocycles. The lowest BCUT2D eigenvalue weighted by atomic mass is 10.1. The minimum atomic E-state index is -5.03. The van der Waals surface area contributed by atoms with Crippen LogP contribution in [0.2, 0.25) is 0 Å². The van der Waals surface area contributed by atoms with E-state index >= 15 is 0 Å². The topological polar surface area (TPSA) is 140 Å². The third-order valence-electron chi connectivity index (χ3n) is 5.29. The molecule has 1 aromatic carbocycles. The summed E-state index contributed by atoms with van der Waals surface area (Å²) in [5.41, 5.74) is 7.07. The van der Waals surface area contributed by atoms with Gasteiger partial charge in [-0.15, -0.1) is 0 Å². The van der Waals surface area contributed by atoms with Gasteiger partial charge in [-0.1, -0.05) is 30.7 Å². The Balaban J connectivity index is 1.85. The molecule has 3 aromatic rings. The van der Waals surface area contributed by atoms with Crippen molar-refractivity contribution in [1.82, 2.24) is 14.8 Å². The number of pyridine rings is 1. The molecule has 0 aliphatic rings. The van der Waals surface area contributed by atoms with E-state index in [-0.39, 0.29) is 23.5 Å². The smallest absolute Gasteiger partial charge is 0.355 e. The Morgan fingerprint density at radius 1 is 1.25 bits per heavy atom. The number of nitrogens with two attached hydrogens (primary N) is 1. The maximum atomic E-state index is 14.6. The zero-order valence-corrected chi connectivity index (χ0v) is 20.1. The first-order valence-corrected chi connectivity index (χ1v) is 12.5. The fourth-order valence-electron chi connectivity index (χ4n) is 3.57. The van der Waals surface area contributed by atoms with Crippen molar-refractivity contribution in [2.45, 2.75) is 44.3 Å². The number of sulfonamides is 1. The summed E-state index contributed by atoms with van der Waals surface area (Å²) in [4.78, 5) is 14.7. The molecule has 0 aliphatic heterocycles. The lowest BCUT2D eigenvalue weighted by molar-refractivity contribution is -0.137. The van der Waals surface area contributed by atoms with Crippen molar-refractivity contribution in [2.24, 2.45) is 7.05 Å². The van der Waals surface area contributed by atoms with E-state index < -0.39 is 33.3 Å². The van der Waals surface area contributed by atoms with Crippen molar-refractivity contribution < 1.29 is 31.5 Å². The molecule has 0 aliphatic carbocycles. The number of hydrogen-bond acceptors (Lipinski definition) is 6. The predicted molar refractivity (Wildman–Crippen MR) is 129 cm³/mol. The molecule has 0 fully saturated rings. The maximum absolute atomic E-state index is 14.6. The summed E-state index contributed by atoms with van der Waals surface area (Å²) in [7, 11) is -3.37. The van der Waals surface area contributed by atoms with Gasteiger partial charge in [0.05, 0.1) is 22.2 Å². The highest BCUT2D eigenvalue weighted by Crippen LogP contribution is 2.34. The van der Waals surface area contributed by atoms with E-state index in [9.17, 15) is 26.4 Å². The number of fused-ring (bicyclic) bond motifs is 1. The molecule has 0 saturated heterocycles. The van der Waals surface area contributed by atoms with Gasteiger partial charge in [0.15, 0.2) is 0 Å². The van der Waals surface area contributed by atoms with Crippen LogP contribution in [0.4, 0.5) is 24.7 Å². The minimum Gasteiger partial charge on any atom is -0.481 e. The van der Waals surface area contributed by atoms with Crippen LogP contribution in [0.5, 0.6) is 0 Å². The molecule has 192 valence electrons. The molecule has 0 atom stereocenters. The van der Waals surface area contributed by atoms with Gasteiger partial charge >= 0.3 is 11.7 Å². The van der Waals surface area contributed by atoms with E-state index in [0.717, 1.165) is 31.4 Å². The second-order valence-corrected chi connectivity index (χ2v) is 9.62. The number of nitrogen functional groups attached to an aromatic ring is 1. The molecular weight excluding hydrogens is 499 g/mol. The van der Waals surface area contributed by atoms with Crippen LogP contribution in [-0.2, 0) is 21.9 Å². The molecule has 9 nitrogen and oxygen atoms in total. The molecule has 36 heavy (non-hydrogen) atoms. The number of anilines is 2. The van der Waals surface area contributed by atoms with E-state index in [2.05, 4.69) is 21.9 Å². The largest absolute Gasteiger partial charge is 0.481 e. The van der Waals surface area contributed by atoms with Gasteiger partial charge in [0, 0.05) is 31.6 Å². The third kappa shape index (κ3) is 6.25. The van der Waals surface area contributed by atoms with Crippen LogP contribution in [0, 0.1) is 17.7 Å². The summed E-state index contributed by atoms with van der Waals surface area (Å²) >= 11 is 0. The number of alkyl halides is 2. The van der Waals surface area contributed by atoms with Crippen LogP contribution in [0.25, 0.3) is 22.2 Å². The standard InChI is InChI=1S/C23H24F3N5O4S/c1-31-21-15(8-6-4-2-3-5-7-9-18(32)33)13-28-22(27)19(21)20(29-31)14-10-11-17(16(24)12-14)30-36(34,35)23(25)26/h10-13,23,30H,2-5,7,9H2,1H3,(H2,27,28)(H,32,33). The number of aromatic nitrogens is 3. The molecular formula is C23H24F3N5O4S. The molecule has 2 aromatic heterocycles. The number of carboxylic acids is 1. The van der Waals surface area contributed by atoms with Crippen molar-refractivity contribution in [3.63, 3.8) is 0 Å². The molecule has 0 spiro atoms. The highest BCUT2D eigenvalue weighted by Gasteiger charge is 2.25. The van der Waals surface area contributed by atoms with Crippen LogP contribution in [0.3, 0.4) is 0 Å². The number of carbonyl (C=O) groups is 1. The molecule has 2 heterocycles. The second kappa shape index (κ2) is 11.3. The van der Waals surface area contributed by atoms with Gasteiger partial charge < -0.3 is 10.8 Å². The van der Waals surface area contributed by atoms with Crippen molar-refractivity contribution in [3.05, 3.63) is 35.8 Å².